The topological polar surface area (TPSA) is 71.4 Å². The third-order valence-electron chi connectivity index (χ3n) is 3.23. The molecule has 0 radical (unpaired) electrons. The van der Waals surface area contributed by atoms with E-state index in [1.54, 1.807) is 6.92 Å². The van der Waals surface area contributed by atoms with Gasteiger partial charge in [-0.25, -0.2) is 0 Å². The average Bonchev–Trinajstić information content (AvgIpc) is 2.06. The molecule has 1 saturated carbocycles. The highest BCUT2D eigenvalue weighted by Crippen LogP contribution is 2.37. The van der Waals surface area contributed by atoms with Crippen LogP contribution < -0.4 is 0 Å². The Morgan fingerprint density at radius 3 is 2.38 bits per heavy atom. The molecule has 1 atom stereocenters. The SMILES string of the molecule is CC(C)=C1CCC(C)(CS(=O)(=O)O)C(=O)C1. The van der Waals surface area contributed by atoms with Gasteiger partial charge in [0.2, 0.25) is 0 Å². The van der Waals surface area contributed by atoms with Crippen molar-refractivity contribution in [2.75, 3.05) is 5.75 Å². The van der Waals surface area contributed by atoms with Gasteiger partial charge in [0.15, 0.2) is 0 Å². The third kappa shape index (κ3) is 3.15. The Hall–Kier alpha value is -0.680. The monoisotopic (exact) mass is 246 g/mol. The molecule has 0 amide bonds. The van der Waals surface area contributed by atoms with Crippen LogP contribution in [0.15, 0.2) is 11.1 Å². The van der Waals surface area contributed by atoms with Gasteiger partial charge in [-0.15, -0.1) is 0 Å². The Morgan fingerprint density at radius 1 is 1.44 bits per heavy atom. The molecule has 4 nitrogen and oxygen atoms in total. The van der Waals surface area contributed by atoms with Crippen LogP contribution in [0.25, 0.3) is 0 Å². The molecular formula is C11H18O4S. The average molecular weight is 246 g/mol. The van der Waals surface area contributed by atoms with Crippen molar-refractivity contribution < 1.29 is 17.8 Å². The van der Waals surface area contributed by atoms with Crippen molar-refractivity contribution in [2.24, 2.45) is 5.41 Å². The summed E-state index contributed by atoms with van der Waals surface area (Å²) in [6.07, 6.45) is 1.54. The van der Waals surface area contributed by atoms with Gasteiger partial charge in [-0.2, -0.15) is 8.42 Å². The summed E-state index contributed by atoms with van der Waals surface area (Å²) in [5.41, 5.74) is 1.30. The summed E-state index contributed by atoms with van der Waals surface area (Å²) in [6.45, 7) is 5.52. The zero-order chi connectivity index (χ0) is 12.6. The van der Waals surface area contributed by atoms with E-state index in [1.807, 2.05) is 13.8 Å². The van der Waals surface area contributed by atoms with E-state index in [-0.39, 0.29) is 5.78 Å². The zero-order valence-electron chi connectivity index (χ0n) is 9.91. The normalized spacial score (nSPS) is 27.0. The molecule has 16 heavy (non-hydrogen) atoms. The van der Waals surface area contributed by atoms with Crippen molar-refractivity contribution in [2.45, 2.75) is 40.0 Å². The van der Waals surface area contributed by atoms with Crippen molar-refractivity contribution >= 4 is 15.9 Å². The summed E-state index contributed by atoms with van der Waals surface area (Å²) in [4.78, 5) is 11.9. The van der Waals surface area contributed by atoms with Crippen molar-refractivity contribution in [3.8, 4) is 0 Å². The molecule has 1 rings (SSSR count). The van der Waals surface area contributed by atoms with Crippen LogP contribution in [0.3, 0.4) is 0 Å². The lowest BCUT2D eigenvalue weighted by Crippen LogP contribution is -2.38. The molecule has 0 aromatic rings. The van der Waals surface area contributed by atoms with Gasteiger partial charge in [0, 0.05) is 11.8 Å². The summed E-state index contributed by atoms with van der Waals surface area (Å²) in [7, 11) is -4.09. The highest BCUT2D eigenvalue weighted by Gasteiger charge is 2.40. The van der Waals surface area contributed by atoms with Crippen LogP contribution in [0, 0.1) is 5.41 Å². The predicted molar refractivity (Wildman–Crippen MR) is 61.8 cm³/mol. The summed E-state index contributed by atoms with van der Waals surface area (Å²) in [5.74, 6) is -0.554. The molecular weight excluding hydrogens is 228 g/mol. The number of rotatable bonds is 2. The highest BCUT2D eigenvalue weighted by molar-refractivity contribution is 7.85. The van der Waals surface area contributed by atoms with Crippen LogP contribution in [0.1, 0.15) is 40.0 Å². The van der Waals surface area contributed by atoms with Gasteiger partial charge in [0.05, 0.1) is 5.75 Å². The van der Waals surface area contributed by atoms with E-state index >= 15 is 0 Å². The molecule has 0 aliphatic heterocycles. The quantitative estimate of drug-likeness (QED) is 0.597. The lowest BCUT2D eigenvalue weighted by atomic mass is 9.73. The molecule has 0 aromatic heterocycles. The summed E-state index contributed by atoms with van der Waals surface area (Å²) >= 11 is 0. The minimum atomic E-state index is -4.09. The minimum Gasteiger partial charge on any atom is -0.299 e. The smallest absolute Gasteiger partial charge is 0.265 e. The van der Waals surface area contributed by atoms with Crippen LogP contribution in [0.5, 0.6) is 0 Å². The molecule has 1 N–H and O–H groups in total. The number of carbonyl (C=O) groups excluding carboxylic acids is 1. The predicted octanol–water partition coefficient (Wildman–Crippen LogP) is 1.97. The Bertz CT molecular complexity index is 429. The lowest BCUT2D eigenvalue weighted by Gasteiger charge is -2.32. The number of hydrogen-bond donors (Lipinski definition) is 1. The van der Waals surface area contributed by atoms with E-state index < -0.39 is 21.3 Å². The van der Waals surface area contributed by atoms with E-state index in [0.717, 1.165) is 17.6 Å². The maximum Gasteiger partial charge on any atom is 0.265 e. The van der Waals surface area contributed by atoms with Gasteiger partial charge in [0.25, 0.3) is 10.1 Å². The van der Waals surface area contributed by atoms with Crippen molar-refractivity contribution in [1.82, 2.24) is 0 Å². The van der Waals surface area contributed by atoms with Gasteiger partial charge >= 0.3 is 0 Å². The molecule has 5 heteroatoms. The largest absolute Gasteiger partial charge is 0.299 e. The number of Topliss-reactive ketones (excluding diaryl/α,β-unsaturated/α-hetero) is 1. The maximum absolute atomic E-state index is 11.9. The second kappa shape index (κ2) is 4.30. The molecule has 0 heterocycles. The minimum absolute atomic E-state index is 0.0902. The molecule has 1 aliphatic carbocycles. The molecule has 0 saturated heterocycles. The van der Waals surface area contributed by atoms with Crippen LogP contribution in [0.4, 0.5) is 0 Å². The molecule has 0 spiro atoms. The fourth-order valence-electron chi connectivity index (χ4n) is 2.04. The van der Waals surface area contributed by atoms with Crippen molar-refractivity contribution in [1.29, 1.82) is 0 Å². The molecule has 1 unspecified atom stereocenters. The Kier molecular flexibility index (Phi) is 3.59. The van der Waals surface area contributed by atoms with Gasteiger partial charge < -0.3 is 0 Å². The van der Waals surface area contributed by atoms with E-state index in [4.69, 9.17) is 4.55 Å². The van der Waals surface area contributed by atoms with E-state index in [1.165, 1.54) is 0 Å². The summed E-state index contributed by atoms with van der Waals surface area (Å²) in [5, 5.41) is 0. The maximum atomic E-state index is 11.9. The van der Waals surface area contributed by atoms with Gasteiger partial charge in [0.1, 0.15) is 5.78 Å². The Labute approximate surface area is 96.5 Å². The highest BCUT2D eigenvalue weighted by atomic mass is 32.2. The van der Waals surface area contributed by atoms with Crippen molar-refractivity contribution in [3.63, 3.8) is 0 Å². The van der Waals surface area contributed by atoms with Crippen LogP contribution in [-0.2, 0) is 14.9 Å². The van der Waals surface area contributed by atoms with Gasteiger partial charge in [-0.05, 0) is 26.7 Å². The Morgan fingerprint density at radius 2 is 2.00 bits per heavy atom. The molecule has 1 fully saturated rings. The van der Waals surface area contributed by atoms with Crippen LogP contribution in [-0.4, -0.2) is 24.5 Å². The number of carbonyl (C=O) groups is 1. The van der Waals surface area contributed by atoms with Crippen LogP contribution in [0.2, 0.25) is 0 Å². The number of ketones is 1. The van der Waals surface area contributed by atoms with E-state index in [9.17, 15) is 13.2 Å². The lowest BCUT2D eigenvalue weighted by molar-refractivity contribution is -0.127. The first-order valence-corrected chi connectivity index (χ1v) is 6.89. The fraction of sp³-hybridized carbons (Fsp3) is 0.727. The number of allylic oxidation sites excluding steroid dienone is 2. The first-order valence-electron chi connectivity index (χ1n) is 5.28. The molecule has 1 aliphatic rings. The second-order valence-electron chi connectivity index (χ2n) is 4.99. The fourth-order valence-corrected chi connectivity index (χ4v) is 3.15. The van der Waals surface area contributed by atoms with Gasteiger partial charge in [-0.1, -0.05) is 18.1 Å². The summed E-state index contributed by atoms with van der Waals surface area (Å²) < 4.78 is 30.5. The molecule has 92 valence electrons. The molecule has 0 aromatic carbocycles. The second-order valence-corrected chi connectivity index (χ2v) is 6.44. The summed E-state index contributed by atoms with van der Waals surface area (Å²) in [6, 6.07) is 0. The van der Waals surface area contributed by atoms with Crippen molar-refractivity contribution in [3.05, 3.63) is 11.1 Å². The Balaban J connectivity index is 2.89. The standard InChI is InChI=1S/C11H18O4S/c1-8(2)9-4-5-11(3,10(12)6-9)7-16(13,14)15/h4-7H2,1-3H3,(H,13,14,15). The first kappa shape index (κ1) is 13.4. The van der Waals surface area contributed by atoms with E-state index in [2.05, 4.69) is 0 Å². The zero-order valence-corrected chi connectivity index (χ0v) is 10.7. The van der Waals surface area contributed by atoms with Gasteiger partial charge in [-0.3, -0.25) is 9.35 Å². The number of hydrogen-bond acceptors (Lipinski definition) is 3. The van der Waals surface area contributed by atoms with Crippen LogP contribution >= 0.6 is 0 Å². The van der Waals surface area contributed by atoms with E-state index in [0.29, 0.717) is 12.8 Å². The third-order valence-corrected chi connectivity index (χ3v) is 4.24. The first-order chi connectivity index (χ1) is 7.14. The molecule has 0 bridgehead atoms.